The molecule has 164 valence electrons. The fraction of sp³-hybridized carbons (Fsp3) is 0.391. The maximum absolute atomic E-state index is 13.1. The summed E-state index contributed by atoms with van der Waals surface area (Å²) in [5, 5.41) is 3.96. The Morgan fingerprint density at radius 3 is 2.55 bits per heavy atom. The third-order valence-electron chi connectivity index (χ3n) is 5.66. The van der Waals surface area contributed by atoms with E-state index in [2.05, 4.69) is 31.9 Å². The topological polar surface area (TPSA) is 88.3 Å². The minimum atomic E-state index is -3.65. The molecule has 1 N–H and O–H groups in total. The highest BCUT2D eigenvalue weighted by molar-refractivity contribution is 7.89. The molecule has 3 aromatic rings. The molecule has 0 radical (unpaired) electrons. The van der Waals surface area contributed by atoms with Crippen LogP contribution in [0.1, 0.15) is 36.8 Å². The van der Waals surface area contributed by atoms with Crippen LogP contribution in [0.4, 0.5) is 0 Å². The zero-order valence-corrected chi connectivity index (χ0v) is 18.7. The molecule has 0 aliphatic carbocycles. The number of piperidine rings is 1. The predicted octanol–water partition coefficient (Wildman–Crippen LogP) is 3.55. The lowest BCUT2D eigenvalue weighted by molar-refractivity contribution is 0.200. The van der Waals surface area contributed by atoms with Crippen molar-refractivity contribution in [3.63, 3.8) is 0 Å². The highest BCUT2D eigenvalue weighted by Gasteiger charge is 2.26. The van der Waals surface area contributed by atoms with Crippen LogP contribution in [0.25, 0.3) is 11.4 Å². The van der Waals surface area contributed by atoms with Gasteiger partial charge in [0.05, 0.1) is 4.90 Å². The molecule has 1 fully saturated rings. The smallest absolute Gasteiger partial charge is 0.241 e. The van der Waals surface area contributed by atoms with E-state index in [9.17, 15) is 8.42 Å². The molecule has 0 bridgehead atoms. The Bertz CT molecular complexity index is 1120. The molecule has 8 heteroatoms. The standard InChI is InChI=1S/C23H28N4O3S/c1-3-22-24-23(25-30-22)19-10-9-17(2)21(15-19)31(28,29)26-20-11-13-27(14-12-20)16-18-7-5-4-6-8-18/h4-10,15,20,26H,3,11-14,16H2,1-2H3. The Hall–Kier alpha value is -2.55. The predicted molar refractivity (Wildman–Crippen MR) is 119 cm³/mol. The van der Waals surface area contributed by atoms with Gasteiger partial charge in [-0.3, -0.25) is 4.90 Å². The summed E-state index contributed by atoms with van der Waals surface area (Å²) >= 11 is 0. The van der Waals surface area contributed by atoms with Gasteiger partial charge in [0.15, 0.2) is 0 Å². The van der Waals surface area contributed by atoms with E-state index in [4.69, 9.17) is 4.52 Å². The fourth-order valence-corrected chi connectivity index (χ4v) is 5.45. The molecular formula is C23H28N4O3S. The molecule has 0 atom stereocenters. The van der Waals surface area contributed by atoms with Crippen molar-refractivity contribution in [2.75, 3.05) is 13.1 Å². The van der Waals surface area contributed by atoms with Gasteiger partial charge in [0.25, 0.3) is 0 Å². The van der Waals surface area contributed by atoms with Crippen molar-refractivity contribution in [1.82, 2.24) is 19.8 Å². The molecule has 2 aromatic carbocycles. The van der Waals surface area contributed by atoms with Gasteiger partial charge in [-0.15, -0.1) is 0 Å². The van der Waals surface area contributed by atoms with Crippen LogP contribution in [0, 0.1) is 6.92 Å². The van der Waals surface area contributed by atoms with Crippen LogP contribution >= 0.6 is 0 Å². The lowest BCUT2D eigenvalue weighted by atomic mass is 10.1. The number of hydrogen-bond donors (Lipinski definition) is 1. The van der Waals surface area contributed by atoms with Crippen molar-refractivity contribution in [1.29, 1.82) is 0 Å². The summed E-state index contributed by atoms with van der Waals surface area (Å²) in [5.41, 5.74) is 2.60. The van der Waals surface area contributed by atoms with E-state index < -0.39 is 10.0 Å². The van der Waals surface area contributed by atoms with E-state index >= 15 is 0 Å². The Balaban J connectivity index is 1.42. The Morgan fingerprint density at radius 1 is 1.13 bits per heavy atom. The second-order valence-electron chi connectivity index (χ2n) is 8.00. The van der Waals surface area contributed by atoms with Gasteiger partial charge in [-0.1, -0.05) is 54.5 Å². The number of likely N-dealkylation sites (tertiary alicyclic amines) is 1. The molecule has 0 unspecified atom stereocenters. The minimum Gasteiger partial charge on any atom is -0.339 e. The third-order valence-corrected chi connectivity index (χ3v) is 7.33. The van der Waals surface area contributed by atoms with Gasteiger partial charge in [0, 0.05) is 37.7 Å². The monoisotopic (exact) mass is 440 g/mol. The van der Waals surface area contributed by atoms with Crippen LogP contribution < -0.4 is 4.72 Å². The Labute approximate surface area is 183 Å². The Morgan fingerprint density at radius 2 is 1.87 bits per heavy atom. The SMILES string of the molecule is CCc1nc(-c2ccc(C)c(S(=O)(=O)NC3CCN(Cc4ccccc4)CC3)c2)no1. The maximum Gasteiger partial charge on any atom is 0.241 e. The minimum absolute atomic E-state index is 0.0723. The summed E-state index contributed by atoms with van der Waals surface area (Å²) in [4.78, 5) is 6.94. The summed E-state index contributed by atoms with van der Waals surface area (Å²) in [7, 11) is -3.65. The first-order chi connectivity index (χ1) is 14.9. The quantitative estimate of drug-likeness (QED) is 0.604. The van der Waals surface area contributed by atoms with Crippen LogP contribution in [-0.2, 0) is 23.0 Å². The largest absolute Gasteiger partial charge is 0.339 e. The highest BCUT2D eigenvalue weighted by Crippen LogP contribution is 2.24. The van der Waals surface area contributed by atoms with Crippen molar-refractivity contribution < 1.29 is 12.9 Å². The van der Waals surface area contributed by atoms with Crippen LogP contribution in [0.5, 0.6) is 0 Å². The van der Waals surface area contributed by atoms with Crippen LogP contribution in [-0.4, -0.2) is 42.6 Å². The second-order valence-corrected chi connectivity index (χ2v) is 9.69. The van der Waals surface area contributed by atoms with Gasteiger partial charge in [0.1, 0.15) is 0 Å². The molecule has 0 amide bonds. The third kappa shape index (κ3) is 5.20. The number of aryl methyl sites for hydroxylation is 2. The van der Waals surface area contributed by atoms with Gasteiger partial charge >= 0.3 is 0 Å². The molecule has 0 saturated carbocycles. The van der Waals surface area contributed by atoms with Crippen LogP contribution in [0.3, 0.4) is 0 Å². The lowest BCUT2D eigenvalue weighted by Crippen LogP contribution is -2.44. The van der Waals surface area contributed by atoms with E-state index in [1.54, 1.807) is 19.1 Å². The summed E-state index contributed by atoms with van der Waals surface area (Å²) in [6.07, 6.45) is 2.21. The number of nitrogens with zero attached hydrogens (tertiary/aromatic N) is 3. The first-order valence-corrected chi connectivity index (χ1v) is 12.1. The summed E-state index contributed by atoms with van der Waals surface area (Å²) in [5.74, 6) is 0.933. The van der Waals surface area contributed by atoms with Crippen LogP contribution in [0.15, 0.2) is 57.9 Å². The molecule has 31 heavy (non-hydrogen) atoms. The maximum atomic E-state index is 13.1. The average molecular weight is 441 g/mol. The number of hydrogen-bond acceptors (Lipinski definition) is 6. The van der Waals surface area contributed by atoms with Gasteiger partial charge < -0.3 is 4.52 Å². The molecule has 1 aliphatic heterocycles. The molecule has 1 aliphatic rings. The van der Waals surface area contributed by atoms with Gasteiger partial charge in [-0.2, -0.15) is 4.98 Å². The molecule has 7 nitrogen and oxygen atoms in total. The van der Waals surface area contributed by atoms with Crippen molar-refractivity contribution in [2.24, 2.45) is 0 Å². The van der Waals surface area contributed by atoms with E-state index in [0.29, 0.717) is 29.3 Å². The number of benzene rings is 2. The molecular weight excluding hydrogens is 412 g/mol. The Kier molecular flexibility index (Phi) is 6.50. The normalized spacial score (nSPS) is 15.9. The number of nitrogens with one attached hydrogen (secondary N) is 1. The number of sulfonamides is 1. The molecule has 2 heterocycles. The first kappa shape index (κ1) is 21.7. The number of aromatic nitrogens is 2. The van der Waals surface area contributed by atoms with E-state index in [1.165, 1.54) is 5.56 Å². The molecule has 1 aromatic heterocycles. The first-order valence-electron chi connectivity index (χ1n) is 10.7. The van der Waals surface area contributed by atoms with E-state index in [1.807, 2.05) is 31.2 Å². The average Bonchev–Trinajstić information content (AvgIpc) is 3.25. The van der Waals surface area contributed by atoms with Gasteiger partial charge in [0.2, 0.25) is 21.7 Å². The van der Waals surface area contributed by atoms with E-state index in [0.717, 1.165) is 32.5 Å². The highest BCUT2D eigenvalue weighted by atomic mass is 32.2. The summed E-state index contributed by atoms with van der Waals surface area (Å²) in [6, 6.07) is 15.5. The summed E-state index contributed by atoms with van der Waals surface area (Å²) < 4.78 is 34.4. The zero-order chi connectivity index (χ0) is 21.8. The van der Waals surface area contributed by atoms with Crippen molar-refractivity contribution in [2.45, 2.75) is 50.6 Å². The number of rotatable bonds is 7. The van der Waals surface area contributed by atoms with Gasteiger partial charge in [-0.25, -0.2) is 13.1 Å². The van der Waals surface area contributed by atoms with Crippen molar-refractivity contribution in [3.05, 3.63) is 65.5 Å². The fourth-order valence-electron chi connectivity index (χ4n) is 3.88. The molecule has 4 rings (SSSR count). The summed E-state index contributed by atoms with van der Waals surface area (Å²) in [6.45, 7) is 6.35. The molecule has 0 spiro atoms. The zero-order valence-electron chi connectivity index (χ0n) is 17.9. The molecule has 1 saturated heterocycles. The lowest BCUT2D eigenvalue weighted by Gasteiger charge is -2.32. The van der Waals surface area contributed by atoms with Crippen molar-refractivity contribution in [3.8, 4) is 11.4 Å². The van der Waals surface area contributed by atoms with Crippen LogP contribution in [0.2, 0.25) is 0 Å². The second kappa shape index (κ2) is 9.30. The van der Waals surface area contributed by atoms with Gasteiger partial charge in [-0.05, 0) is 37.0 Å². The van der Waals surface area contributed by atoms with E-state index in [-0.39, 0.29) is 10.9 Å². The van der Waals surface area contributed by atoms with Crippen molar-refractivity contribution >= 4 is 10.0 Å².